The number of nitrogens with zero attached hydrogens (tertiary/aromatic N) is 2. The molecule has 2 N–H and O–H groups in total. The molecule has 5 heteroatoms. The number of phenolic OH excluding ortho intramolecular Hbond substituents is 2. The van der Waals surface area contributed by atoms with E-state index in [0.29, 0.717) is 17.8 Å². The molecule has 0 spiro atoms. The third-order valence-electron chi connectivity index (χ3n) is 2.92. The summed E-state index contributed by atoms with van der Waals surface area (Å²) < 4.78 is 5.13. The van der Waals surface area contributed by atoms with E-state index < -0.39 is 0 Å². The number of rotatable bonds is 3. The van der Waals surface area contributed by atoms with E-state index in [1.54, 1.807) is 12.1 Å². The van der Waals surface area contributed by atoms with E-state index in [1.807, 2.05) is 30.3 Å². The van der Waals surface area contributed by atoms with Gasteiger partial charge in [0.25, 0.3) is 5.89 Å². The molecule has 0 fully saturated rings. The van der Waals surface area contributed by atoms with E-state index in [-0.39, 0.29) is 17.4 Å². The third kappa shape index (κ3) is 2.33. The lowest BCUT2D eigenvalue weighted by Gasteiger charge is -2.00. The van der Waals surface area contributed by atoms with Gasteiger partial charge in [0.2, 0.25) is 0 Å². The Balaban J connectivity index is 1.89. The fourth-order valence-electron chi connectivity index (χ4n) is 1.92. The SMILES string of the molecule is Oc1cccc(-c2nc(Cc3ccccc3)no2)c1O. The topological polar surface area (TPSA) is 79.4 Å². The molecule has 0 aliphatic rings. The molecule has 0 unspecified atom stereocenters. The highest BCUT2D eigenvalue weighted by Crippen LogP contribution is 2.35. The minimum absolute atomic E-state index is 0.185. The molecule has 0 bridgehead atoms. The van der Waals surface area contributed by atoms with Gasteiger partial charge in [-0.05, 0) is 17.7 Å². The molecule has 5 nitrogen and oxygen atoms in total. The van der Waals surface area contributed by atoms with Crippen molar-refractivity contribution < 1.29 is 14.7 Å². The molecule has 1 aromatic heterocycles. The first-order valence-corrected chi connectivity index (χ1v) is 6.12. The number of aromatic hydroxyl groups is 2. The van der Waals surface area contributed by atoms with Crippen LogP contribution >= 0.6 is 0 Å². The Hall–Kier alpha value is -2.82. The van der Waals surface area contributed by atoms with E-state index >= 15 is 0 Å². The van der Waals surface area contributed by atoms with Gasteiger partial charge in [-0.25, -0.2) is 0 Å². The molecule has 3 rings (SSSR count). The molecule has 0 aliphatic heterocycles. The van der Waals surface area contributed by atoms with Gasteiger partial charge in [0.1, 0.15) is 0 Å². The second-order valence-corrected chi connectivity index (χ2v) is 4.35. The Bertz CT molecular complexity index is 723. The molecule has 0 radical (unpaired) electrons. The van der Waals surface area contributed by atoms with Crippen LogP contribution in [0, 0.1) is 0 Å². The largest absolute Gasteiger partial charge is 0.504 e. The number of phenols is 2. The molecular weight excluding hydrogens is 256 g/mol. The maximum absolute atomic E-state index is 9.77. The average Bonchev–Trinajstić information content (AvgIpc) is 2.91. The van der Waals surface area contributed by atoms with Crippen LogP contribution in [0.5, 0.6) is 11.5 Å². The molecule has 0 atom stereocenters. The number of benzene rings is 2. The highest BCUT2D eigenvalue weighted by Gasteiger charge is 2.15. The molecule has 0 aliphatic carbocycles. The van der Waals surface area contributed by atoms with E-state index in [9.17, 15) is 10.2 Å². The van der Waals surface area contributed by atoms with Crippen molar-refractivity contribution in [1.82, 2.24) is 10.1 Å². The van der Waals surface area contributed by atoms with E-state index in [4.69, 9.17) is 4.52 Å². The average molecular weight is 268 g/mol. The van der Waals surface area contributed by atoms with Crippen LogP contribution in [0.3, 0.4) is 0 Å². The summed E-state index contributed by atoms with van der Waals surface area (Å²) >= 11 is 0. The van der Waals surface area contributed by atoms with Gasteiger partial charge in [0.05, 0.1) is 5.56 Å². The molecular formula is C15H12N2O3. The highest BCUT2D eigenvalue weighted by atomic mass is 16.5. The molecule has 20 heavy (non-hydrogen) atoms. The van der Waals surface area contributed by atoms with Crippen molar-refractivity contribution in [3.05, 3.63) is 59.9 Å². The Kier molecular flexibility index (Phi) is 3.09. The monoisotopic (exact) mass is 268 g/mol. The lowest BCUT2D eigenvalue weighted by molar-refractivity contribution is 0.396. The van der Waals surface area contributed by atoms with Crippen molar-refractivity contribution in [2.75, 3.05) is 0 Å². The summed E-state index contributed by atoms with van der Waals surface area (Å²) in [5.74, 6) is 0.228. The predicted octanol–water partition coefficient (Wildman–Crippen LogP) is 2.74. The van der Waals surface area contributed by atoms with Crippen LogP contribution in [0.4, 0.5) is 0 Å². The normalized spacial score (nSPS) is 10.6. The van der Waals surface area contributed by atoms with Crippen LogP contribution in [0.2, 0.25) is 0 Å². The predicted molar refractivity (Wildman–Crippen MR) is 72.3 cm³/mol. The Morgan fingerprint density at radius 1 is 0.950 bits per heavy atom. The van der Waals surface area contributed by atoms with Crippen molar-refractivity contribution >= 4 is 0 Å². The molecule has 2 aromatic carbocycles. The Morgan fingerprint density at radius 3 is 2.55 bits per heavy atom. The number of aromatic nitrogens is 2. The smallest absolute Gasteiger partial charge is 0.261 e. The summed E-state index contributed by atoms with van der Waals surface area (Å²) in [6.45, 7) is 0. The van der Waals surface area contributed by atoms with E-state index in [1.165, 1.54) is 6.07 Å². The standard InChI is InChI=1S/C15H12N2O3/c18-12-8-4-7-11(14(12)19)15-16-13(17-20-15)9-10-5-2-1-3-6-10/h1-8,18-19H,9H2. The molecule has 1 heterocycles. The molecule has 100 valence electrons. The van der Waals surface area contributed by atoms with Gasteiger partial charge in [0.15, 0.2) is 17.3 Å². The van der Waals surface area contributed by atoms with Crippen molar-refractivity contribution in [1.29, 1.82) is 0 Å². The zero-order chi connectivity index (χ0) is 13.9. The van der Waals surface area contributed by atoms with Gasteiger partial charge in [-0.3, -0.25) is 0 Å². The van der Waals surface area contributed by atoms with Crippen molar-refractivity contribution in [3.8, 4) is 23.0 Å². The molecule has 0 saturated carbocycles. The van der Waals surface area contributed by atoms with Crippen LogP contribution in [0.1, 0.15) is 11.4 Å². The maximum atomic E-state index is 9.77. The second-order valence-electron chi connectivity index (χ2n) is 4.35. The van der Waals surface area contributed by atoms with Crippen LogP contribution in [-0.4, -0.2) is 20.4 Å². The molecule has 3 aromatic rings. The zero-order valence-electron chi connectivity index (χ0n) is 10.5. The summed E-state index contributed by atoms with van der Waals surface area (Å²) in [6.07, 6.45) is 0.546. The third-order valence-corrected chi connectivity index (χ3v) is 2.92. The first kappa shape index (κ1) is 12.2. The lowest BCUT2D eigenvalue weighted by atomic mass is 10.1. The van der Waals surface area contributed by atoms with Gasteiger partial charge in [-0.1, -0.05) is 41.6 Å². The fraction of sp³-hybridized carbons (Fsp3) is 0.0667. The summed E-state index contributed by atoms with van der Waals surface area (Å²) in [4.78, 5) is 4.23. The van der Waals surface area contributed by atoms with Gasteiger partial charge in [-0.15, -0.1) is 0 Å². The van der Waals surface area contributed by atoms with Gasteiger partial charge < -0.3 is 14.7 Å². The second kappa shape index (κ2) is 5.05. The van der Waals surface area contributed by atoms with Crippen LogP contribution in [0.15, 0.2) is 53.1 Å². The van der Waals surface area contributed by atoms with E-state index in [2.05, 4.69) is 10.1 Å². The fourth-order valence-corrected chi connectivity index (χ4v) is 1.92. The minimum atomic E-state index is -0.262. The van der Waals surface area contributed by atoms with E-state index in [0.717, 1.165) is 5.56 Å². The zero-order valence-corrected chi connectivity index (χ0v) is 10.5. The highest BCUT2D eigenvalue weighted by molar-refractivity contribution is 5.66. The van der Waals surface area contributed by atoms with Crippen LogP contribution in [-0.2, 0) is 6.42 Å². The number of para-hydroxylation sites is 1. The first-order valence-electron chi connectivity index (χ1n) is 6.12. The van der Waals surface area contributed by atoms with Gasteiger partial charge >= 0.3 is 0 Å². The summed E-state index contributed by atoms with van der Waals surface area (Å²) in [5.41, 5.74) is 1.39. The van der Waals surface area contributed by atoms with Gasteiger partial charge in [0, 0.05) is 6.42 Å². The quantitative estimate of drug-likeness (QED) is 0.714. The molecule has 0 saturated heterocycles. The van der Waals surface area contributed by atoms with Gasteiger partial charge in [-0.2, -0.15) is 4.98 Å². The van der Waals surface area contributed by atoms with Crippen molar-refractivity contribution in [2.45, 2.75) is 6.42 Å². The van der Waals surface area contributed by atoms with Crippen LogP contribution in [0.25, 0.3) is 11.5 Å². The van der Waals surface area contributed by atoms with Crippen molar-refractivity contribution in [2.24, 2.45) is 0 Å². The van der Waals surface area contributed by atoms with Crippen molar-refractivity contribution in [3.63, 3.8) is 0 Å². The first-order chi connectivity index (χ1) is 9.74. The summed E-state index contributed by atoms with van der Waals surface area (Å²) in [6, 6.07) is 14.4. The maximum Gasteiger partial charge on any atom is 0.261 e. The Morgan fingerprint density at radius 2 is 1.75 bits per heavy atom. The lowest BCUT2D eigenvalue weighted by Crippen LogP contribution is -1.90. The Labute approximate surface area is 115 Å². The number of hydrogen-bond donors (Lipinski definition) is 2. The summed E-state index contributed by atoms with van der Waals surface area (Å²) in [5, 5.41) is 23.1. The minimum Gasteiger partial charge on any atom is -0.504 e. The molecule has 0 amide bonds. The summed E-state index contributed by atoms with van der Waals surface area (Å²) in [7, 11) is 0. The van der Waals surface area contributed by atoms with Crippen LogP contribution < -0.4 is 0 Å². The number of hydrogen-bond acceptors (Lipinski definition) is 5.